The van der Waals surface area contributed by atoms with Gasteiger partial charge in [0.15, 0.2) is 0 Å². The van der Waals surface area contributed by atoms with E-state index in [1.54, 1.807) is 23.4 Å². The van der Waals surface area contributed by atoms with Crippen molar-refractivity contribution in [3.8, 4) is 0 Å². The van der Waals surface area contributed by atoms with Gasteiger partial charge >= 0.3 is 6.18 Å². The number of benzene rings is 2. The quantitative estimate of drug-likeness (QED) is 0.468. The summed E-state index contributed by atoms with van der Waals surface area (Å²) < 4.78 is 39.2. The van der Waals surface area contributed by atoms with Gasteiger partial charge in [0.25, 0.3) is 0 Å². The lowest BCUT2D eigenvalue weighted by atomic mass is 10.1. The van der Waals surface area contributed by atoms with E-state index in [0.29, 0.717) is 25.1 Å². The van der Waals surface area contributed by atoms with E-state index in [-0.39, 0.29) is 31.3 Å². The Labute approximate surface area is 202 Å². The van der Waals surface area contributed by atoms with Crippen molar-refractivity contribution in [2.24, 2.45) is 5.92 Å². The van der Waals surface area contributed by atoms with Gasteiger partial charge < -0.3 is 9.80 Å². The minimum Gasteiger partial charge on any atom is -0.338 e. The van der Waals surface area contributed by atoms with Crippen molar-refractivity contribution < 1.29 is 22.8 Å². The highest BCUT2D eigenvalue weighted by atomic mass is 19.4. The van der Waals surface area contributed by atoms with Gasteiger partial charge in [-0.1, -0.05) is 48.5 Å². The number of carbonyl (C=O) groups is 2. The summed E-state index contributed by atoms with van der Waals surface area (Å²) in [6.45, 7) is 1.08. The van der Waals surface area contributed by atoms with Crippen molar-refractivity contribution in [3.63, 3.8) is 0 Å². The Balaban J connectivity index is 1.45. The van der Waals surface area contributed by atoms with Crippen molar-refractivity contribution in [2.75, 3.05) is 13.1 Å². The van der Waals surface area contributed by atoms with E-state index in [4.69, 9.17) is 0 Å². The van der Waals surface area contributed by atoms with E-state index in [2.05, 4.69) is 4.98 Å². The maximum atomic E-state index is 13.5. The minimum atomic E-state index is -4.45. The molecule has 1 aliphatic heterocycles. The van der Waals surface area contributed by atoms with Crippen LogP contribution in [0.1, 0.15) is 28.7 Å². The average molecular weight is 482 g/mol. The smallest absolute Gasteiger partial charge is 0.338 e. The molecular weight excluding hydrogens is 455 g/mol. The molecule has 0 N–H and O–H groups in total. The Morgan fingerprint density at radius 3 is 2.46 bits per heavy atom. The average Bonchev–Trinajstić information content (AvgIpc) is 3.22. The van der Waals surface area contributed by atoms with Crippen molar-refractivity contribution >= 4 is 11.8 Å². The Hall–Kier alpha value is -3.68. The third kappa shape index (κ3) is 6.47. The fourth-order valence-electron chi connectivity index (χ4n) is 4.30. The highest BCUT2D eigenvalue weighted by molar-refractivity contribution is 5.89. The lowest BCUT2D eigenvalue weighted by Crippen LogP contribution is -2.38. The zero-order chi connectivity index (χ0) is 24.8. The SMILES string of the molecule is O=C1CC(C(=O)N(CCc2ccccc2)Cc2cccnc2)CN1Cc1cccc(C(F)(F)F)c1. The highest BCUT2D eigenvalue weighted by Crippen LogP contribution is 2.30. The topological polar surface area (TPSA) is 53.5 Å². The number of alkyl halides is 3. The Morgan fingerprint density at radius 2 is 1.74 bits per heavy atom. The second-order valence-corrected chi connectivity index (χ2v) is 8.73. The zero-order valence-corrected chi connectivity index (χ0v) is 19.1. The van der Waals surface area contributed by atoms with Crippen LogP contribution < -0.4 is 0 Å². The molecule has 1 aromatic heterocycles. The van der Waals surface area contributed by atoms with Gasteiger partial charge in [-0.25, -0.2) is 0 Å². The molecule has 1 saturated heterocycles. The fourth-order valence-corrected chi connectivity index (χ4v) is 4.30. The summed E-state index contributed by atoms with van der Waals surface area (Å²) in [6.07, 6.45) is -0.354. The number of aromatic nitrogens is 1. The summed E-state index contributed by atoms with van der Waals surface area (Å²) in [5.74, 6) is -0.907. The molecule has 3 aromatic rings. The van der Waals surface area contributed by atoms with Gasteiger partial charge in [0, 0.05) is 45.0 Å². The van der Waals surface area contributed by atoms with Crippen LogP contribution in [0, 0.1) is 5.92 Å². The monoisotopic (exact) mass is 481 g/mol. The summed E-state index contributed by atoms with van der Waals surface area (Å²) in [7, 11) is 0. The number of hydrogen-bond acceptors (Lipinski definition) is 3. The molecule has 1 atom stereocenters. The predicted molar refractivity (Wildman–Crippen MR) is 125 cm³/mol. The third-order valence-corrected chi connectivity index (χ3v) is 6.11. The number of nitrogens with zero attached hydrogens (tertiary/aromatic N) is 3. The Kier molecular flexibility index (Phi) is 7.48. The van der Waals surface area contributed by atoms with Crippen LogP contribution in [0.25, 0.3) is 0 Å². The molecule has 2 aromatic carbocycles. The lowest BCUT2D eigenvalue weighted by molar-refractivity contribution is -0.137. The van der Waals surface area contributed by atoms with Crippen LogP contribution in [0.2, 0.25) is 0 Å². The van der Waals surface area contributed by atoms with Gasteiger partial charge in [-0.15, -0.1) is 0 Å². The molecular formula is C27H26F3N3O2. The molecule has 35 heavy (non-hydrogen) atoms. The van der Waals surface area contributed by atoms with Gasteiger partial charge in [-0.05, 0) is 41.3 Å². The first-order valence-electron chi connectivity index (χ1n) is 11.4. The summed E-state index contributed by atoms with van der Waals surface area (Å²) in [4.78, 5) is 33.5. The van der Waals surface area contributed by atoms with E-state index >= 15 is 0 Å². The number of halogens is 3. The molecule has 0 bridgehead atoms. The number of carbonyl (C=O) groups excluding carboxylic acids is 2. The van der Waals surface area contributed by atoms with Crippen molar-refractivity contribution in [1.82, 2.24) is 14.8 Å². The zero-order valence-electron chi connectivity index (χ0n) is 19.1. The fraction of sp³-hybridized carbons (Fsp3) is 0.296. The molecule has 5 nitrogen and oxygen atoms in total. The predicted octanol–water partition coefficient (Wildman–Crippen LogP) is 4.72. The summed E-state index contributed by atoms with van der Waals surface area (Å²) >= 11 is 0. The standard InChI is InChI=1S/C27H26F3N3O2/c28-27(29,30)24-10-4-8-21(14-24)17-33-19-23(15-25(33)34)26(35)32(18-22-9-5-12-31-16-22)13-11-20-6-2-1-3-7-20/h1-10,12,14,16,23H,11,13,15,17-19H2. The second kappa shape index (κ2) is 10.7. The number of amides is 2. The van der Waals surface area contributed by atoms with Crippen LogP contribution in [0.15, 0.2) is 79.1 Å². The normalized spacial score (nSPS) is 15.9. The van der Waals surface area contributed by atoms with E-state index < -0.39 is 17.7 Å². The molecule has 0 radical (unpaired) electrons. The first-order valence-corrected chi connectivity index (χ1v) is 11.4. The molecule has 1 aliphatic rings. The van der Waals surface area contributed by atoms with E-state index in [1.165, 1.54) is 11.0 Å². The van der Waals surface area contributed by atoms with Gasteiger partial charge in [-0.3, -0.25) is 14.6 Å². The van der Waals surface area contributed by atoms with E-state index in [9.17, 15) is 22.8 Å². The summed E-state index contributed by atoms with van der Waals surface area (Å²) in [5.41, 5.74) is 1.62. The molecule has 0 spiro atoms. The lowest BCUT2D eigenvalue weighted by Gasteiger charge is -2.26. The van der Waals surface area contributed by atoms with E-state index in [1.807, 2.05) is 42.5 Å². The number of likely N-dealkylation sites (tertiary alicyclic amines) is 1. The maximum absolute atomic E-state index is 13.5. The second-order valence-electron chi connectivity index (χ2n) is 8.73. The first kappa shape index (κ1) is 24.4. The molecule has 2 amide bonds. The third-order valence-electron chi connectivity index (χ3n) is 6.11. The Bertz CT molecular complexity index is 1150. The van der Waals surface area contributed by atoms with Crippen LogP contribution in [0.3, 0.4) is 0 Å². The van der Waals surface area contributed by atoms with Crippen LogP contribution in [0.4, 0.5) is 13.2 Å². The van der Waals surface area contributed by atoms with Crippen molar-refractivity contribution in [3.05, 3.63) is 101 Å². The molecule has 8 heteroatoms. The Morgan fingerprint density at radius 1 is 1.00 bits per heavy atom. The van der Waals surface area contributed by atoms with Crippen molar-refractivity contribution in [1.29, 1.82) is 0 Å². The highest BCUT2D eigenvalue weighted by Gasteiger charge is 2.37. The molecule has 1 fully saturated rings. The number of pyridine rings is 1. The molecule has 2 heterocycles. The number of rotatable bonds is 8. The minimum absolute atomic E-state index is 0.0408. The van der Waals surface area contributed by atoms with Gasteiger partial charge in [0.2, 0.25) is 11.8 Å². The summed E-state index contributed by atoms with van der Waals surface area (Å²) in [6, 6.07) is 18.5. The van der Waals surface area contributed by atoms with Crippen LogP contribution in [-0.4, -0.2) is 39.7 Å². The molecule has 1 unspecified atom stereocenters. The van der Waals surface area contributed by atoms with Crippen LogP contribution in [-0.2, 0) is 35.3 Å². The molecule has 0 saturated carbocycles. The maximum Gasteiger partial charge on any atom is 0.416 e. The molecule has 0 aliphatic carbocycles. The summed E-state index contributed by atoms with van der Waals surface area (Å²) in [5, 5.41) is 0. The number of hydrogen-bond donors (Lipinski definition) is 0. The largest absolute Gasteiger partial charge is 0.416 e. The first-order chi connectivity index (χ1) is 16.8. The van der Waals surface area contributed by atoms with E-state index in [0.717, 1.165) is 23.3 Å². The molecule has 4 rings (SSSR count). The molecule has 182 valence electrons. The van der Waals surface area contributed by atoms with Crippen LogP contribution >= 0.6 is 0 Å². The van der Waals surface area contributed by atoms with Gasteiger partial charge in [0.05, 0.1) is 11.5 Å². The van der Waals surface area contributed by atoms with Gasteiger partial charge in [0.1, 0.15) is 0 Å². The van der Waals surface area contributed by atoms with Crippen molar-refractivity contribution in [2.45, 2.75) is 32.1 Å². The van der Waals surface area contributed by atoms with Crippen LogP contribution in [0.5, 0.6) is 0 Å². The van der Waals surface area contributed by atoms with Gasteiger partial charge in [-0.2, -0.15) is 13.2 Å².